The third kappa shape index (κ3) is 4.83. The van der Waals surface area contributed by atoms with Crippen LogP contribution in [0, 0.1) is 5.92 Å². The van der Waals surface area contributed by atoms with Gasteiger partial charge in [-0.1, -0.05) is 30.3 Å². The maximum absolute atomic E-state index is 12.2. The Kier molecular flexibility index (Phi) is 5.76. The zero-order chi connectivity index (χ0) is 15.2. The van der Waals surface area contributed by atoms with Gasteiger partial charge < -0.3 is 11.1 Å². The van der Waals surface area contributed by atoms with E-state index >= 15 is 0 Å². The third-order valence-corrected chi connectivity index (χ3v) is 4.33. The highest BCUT2D eigenvalue weighted by Gasteiger charge is 2.24. The Hall–Kier alpha value is -1.39. The standard InChI is InChI=1S/C17H27N3O/c1-13(18)16-9-6-10-20(11-16)12-17(21)19-14(2)15-7-4-3-5-8-15/h3-5,7-8,13-14,16H,6,9-12,18H2,1-2H3,(H,19,21). The molecule has 1 aromatic carbocycles. The van der Waals surface area contributed by atoms with Gasteiger partial charge in [-0.3, -0.25) is 9.69 Å². The lowest BCUT2D eigenvalue weighted by Gasteiger charge is -2.34. The topological polar surface area (TPSA) is 58.4 Å². The van der Waals surface area contributed by atoms with Gasteiger partial charge in [0.1, 0.15) is 0 Å². The number of hydrogen-bond acceptors (Lipinski definition) is 3. The van der Waals surface area contributed by atoms with Crippen LogP contribution in [0.15, 0.2) is 30.3 Å². The molecular formula is C17H27N3O. The van der Waals surface area contributed by atoms with Crippen molar-refractivity contribution in [3.63, 3.8) is 0 Å². The zero-order valence-corrected chi connectivity index (χ0v) is 13.1. The Morgan fingerprint density at radius 1 is 1.38 bits per heavy atom. The molecule has 116 valence electrons. The molecule has 4 nitrogen and oxygen atoms in total. The summed E-state index contributed by atoms with van der Waals surface area (Å²) in [6, 6.07) is 10.3. The monoisotopic (exact) mass is 289 g/mol. The number of nitrogens with zero attached hydrogens (tertiary/aromatic N) is 1. The molecule has 1 fully saturated rings. The van der Waals surface area contributed by atoms with Crippen LogP contribution < -0.4 is 11.1 Å². The first-order valence-corrected chi connectivity index (χ1v) is 7.88. The first kappa shape index (κ1) is 16.0. The minimum absolute atomic E-state index is 0.0488. The summed E-state index contributed by atoms with van der Waals surface area (Å²) in [5.41, 5.74) is 7.13. The van der Waals surface area contributed by atoms with E-state index < -0.39 is 0 Å². The van der Waals surface area contributed by atoms with Crippen molar-refractivity contribution in [3.05, 3.63) is 35.9 Å². The van der Waals surface area contributed by atoms with Gasteiger partial charge in [0.05, 0.1) is 12.6 Å². The van der Waals surface area contributed by atoms with Crippen molar-refractivity contribution in [1.82, 2.24) is 10.2 Å². The molecule has 1 amide bonds. The average Bonchev–Trinajstić information content (AvgIpc) is 2.48. The Morgan fingerprint density at radius 2 is 2.10 bits per heavy atom. The van der Waals surface area contributed by atoms with E-state index in [2.05, 4.69) is 17.1 Å². The number of nitrogens with two attached hydrogens (primary N) is 1. The van der Waals surface area contributed by atoms with E-state index in [9.17, 15) is 4.79 Å². The second-order valence-electron chi connectivity index (χ2n) is 6.20. The van der Waals surface area contributed by atoms with Gasteiger partial charge >= 0.3 is 0 Å². The van der Waals surface area contributed by atoms with Crippen LogP contribution in [0.2, 0.25) is 0 Å². The maximum Gasteiger partial charge on any atom is 0.234 e. The molecule has 2 rings (SSSR count). The molecule has 4 heteroatoms. The molecule has 0 aliphatic carbocycles. The highest BCUT2D eigenvalue weighted by molar-refractivity contribution is 5.78. The van der Waals surface area contributed by atoms with E-state index in [0.717, 1.165) is 25.1 Å². The Balaban J connectivity index is 1.81. The quantitative estimate of drug-likeness (QED) is 0.870. The molecule has 3 N–H and O–H groups in total. The van der Waals surface area contributed by atoms with Gasteiger partial charge in [0.2, 0.25) is 5.91 Å². The molecular weight excluding hydrogens is 262 g/mol. The van der Waals surface area contributed by atoms with Gasteiger partial charge in [0, 0.05) is 12.6 Å². The minimum atomic E-state index is 0.0488. The molecule has 1 heterocycles. The molecule has 1 aliphatic heterocycles. The fourth-order valence-electron chi connectivity index (χ4n) is 2.98. The van der Waals surface area contributed by atoms with Crippen LogP contribution in [0.1, 0.15) is 38.3 Å². The summed E-state index contributed by atoms with van der Waals surface area (Å²) < 4.78 is 0. The van der Waals surface area contributed by atoms with E-state index in [4.69, 9.17) is 5.73 Å². The van der Waals surface area contributed by atoms with Gasteiger partial charge in [-0.2, -0.15) is 0 Å². The lowest BCUT2D eigenvalue weighted by molar-refractivity contribution is -0.123. The minimum Gasteiger partial charge on any atom is -0.348 e. The highest BCUT2D eigenvalue weighted by atomic mass is 16.2. The smallest absolute Gasteiger partial charge is 0.234 e. The number of carbonyl (C=O) groups is 1. The average molecular weight is 289 g/mol. The predicted octanol–water partition coefficient (Wildman–Crippen LogP) is 1.92. The van der Waals surface area contributed by atoms with Crippen molar-refractivity contribution in [2.45, 2.75) is 38.8 Å². The molecule has 3 atom stereocenters. The van der Waals surface area contributed by atoms with Gasteiger partial charge in [-0.15, -0.1) is 0 Å². The van der Waals surface area contributed by atoms with E-state index in [0.29, 0.717) is 12.5 Å². The summed E-state index contributed by atoms with van der Waals surface area (Å²) in [6.07, 6.45) is 2.31. The van der Waals surface area contributed by atoms with Crippen molar-refractivity contribution < 1.29 is 4.79 Å². The van der Waals surface area contributed by atoms with Crippen LogP contribution in [0.4, 0.5) is 0 Å². The normalized spacial score (nSPS) is 22.5. The maximum atomic E-state index is 12.2. The number of nitrogens with one attached hydrogen (secondary N) is 1. The van der Waals surface area contributed by atoms with E-state index in [1.54, 1.807) is 0 Å². The lowest BCUT2D eigenvalue weighted by atomic mass is 9.92. The van der Waals surface area contributed by atoms with Crippen LogP contribution in [-0.2, 0) is 4.79 Å². The Morgan fingerprint density at radius 3 is 2.76 bits per heavy atom. The van der Waals surface area contributed by atoms with Crippen molar-refractivity contribution in [1.29, 1.82) is 0 Å². The number of carbonyl (C=O) groups excluding carboxylic acids is 1. The third-order valence-electron chi connectivity index (χ3n) is 4.33. The molecule has 0 spiro atoms. The summed E-state index contributed by atoms with van der Waals surface area (Å²) >= 11 is 0. The summed E-state index contributed by atoms with van der Waals surface area (Å²) in [5, 5.41) is 3.08. The van der Waals surface area contributed by atoms with Gasteiger partial charge in [-0.25, -0.2) is 0 Å². The lowest BCUT2D eigenvalue weighted by Crippen LogP contribution is -2.46. The van der Waals surface area contributed by atoms with Crippen molar-refractivity contribution in [2.24, 2.45) is 11.7 Å². The Labute approximate surface area is 127 Å². The number of hydrogen-bond donors (Lipinski definition) is 2. The molecule has 0 aromatic heterocycles. The molecule has 3 unspecified atom stereocenters. The van der Waals surface area contributed by atoms with Crippen molar-refractivity contribution >= 4 is 5.91 Å². The van der Waals surface area contributed by atoms with Gasteiger partial charge in [0.15, 0.2) is 0 Å². The summed E-state index contributed by atoms with van der Waals surface area (Å²) in [4.78, 5) is 14.4. The number of benzene rings is 1. The van der Waals surface area contributed by atoms with Crippen LogP contribution in [0.25, 0.3) is 0 Å². The number of piperidine rings is 1. The molecule has 1 aliphatic rings. The van der Waals surface area contributed by atoms with Crippen LogP contribution in [0.3, 0.4) is 0 Å². The van der Waals surface area contributed by atoms with Gasteiger partial charge in [0.25, 0.3) is 0 Å². The number of amides is 1. The Bertz CT molecular complexity index is 447. The second kappa shape index (κ2) is 7.57. The van der Waals surface area contributed by atoms with Crippen molar-refractivity contribution in [3.8, 4) is 0 Å². The van der Waals surface area contributed by atoms with E-state index in [-0.39, 0.29) is 18.0 Å². The second-order valence-corrected chi connectivity index (χ2v) is 6.20. The molecule has 21 heavy (non-hydrogen) atoms. The fourth-order valence-corrected chi connectivity index (χ4v) is 2.98. The fraction of sp³-hybridized carbons (Fsp3) is 0.588. The largest absolute Gasteiger partial charge is 0.348 e. The van der Waals surface area contributed by atoms with E-state index in [1.165, 1.54) is 6.42 Å². The molecule has 1 saturated heterocycles. The zero-order valence-electron chi connectivity index (χ0n) is 13.1. The van der Waals surface area contributed by atoms with Crippen molar-refractivity contribution in [2.75, 3.05) is 19.6 Å². The molecule has 0 bridgehead atoms. The van der Waals surface area contributed by atoms with Crippen LogP contribution in [0.5, 0.6) is 0 Å². The molecule has 0 radical (unpaired) electrons. The highest BCUT2D eigenvalue weighted by Crippen LogP contribution is 2.18. The first-order valence-electron chi connectivity index (χ1n) is 7.88. The SMILES string of the molecule is CC(NC(=O)CN1CCCC(C(C)N)C1)c1ccccc1. The number of rotatable bonds is 5. The van der Waals surface area contributed by atoms with Crippen LogP contribution in [-0.4, -0.2) is 36.5 Å². The number of likely N-dealkylation sites (tertiary alicyclic amines) is 1. The summed E-state index contributed by atoms with van der Waals surface area (Å²) in [5.74, 6) is 0.606. The molecule has 0 saturated carbocycles. The first-order chi connectivity index (χ1) is 10.1. The van der Waals surface area contributed by atoms with E-state index in [1.807, 2.05) is 37.3 Å². The van der Waals surface area contributed by atoms with Gasteiger partial charge in [-0.05, 0) is 44.7 Å². The predicted molar refractivity (Wildman–Crippen MR) is 85.8 cm³/mol. The molecule has 1 aromatic rings. The summed E-state index contributed by atoms with van der Waals surface area (Å²) in [6.45, 7) is 6.49. The summed E-state index contributed by atoms with van der Waals surface area (Å²) in [7, 11) is 0. The van der Waals surface area contributed by atoms with Crippen LogP contribution >= 0.6 is 0 Å².